The van der Waals surface area contributed by atoms with Gasteiger partial charge in [0.05, 0.1) is 20.1 Å². The van der Waals surface area contributed by atoms with E-state index in [2.05, 4.69) is 6.92 Å². The molecular formula is C22H47NO. The summed E-state index contributed by atoms with van der Waals surface area (Å²) < 4.78 is -0.0568. The molecule has 0 aliphatic carbocycles. The Bertz CT molecular complexity index is 240. The molecule has 2 heteroatoms. The van der Waals surface area contributed by atoms with Crippen LogP contribution in [0.15, 0.2) is 0 Å². The van der Waals surface area contributed by atoms with E-state index in [0.717, 1.165) is 13.0 Å². The molecule has 0 aromatic heterocycles. The zero-order chi connectivity index (χ0) is 17.9. The van der Waals surface area contributed by atoms with E-state index in [4.69, 9.17) is 0 Å². The van der Waals surface area contributed by atoms with E-state index >= 15 is 0 Å². The molecule has 0 radical (unpaired) electrons. The molecule has 1 unspecified atom stereocenters. The van der Waals surface area contributed by atoms with Gasteiger partial charge in [-0.05, 0) is 19.8 Å². The van der Waals surface area contributed by atoms with E-state index in [0.29, 0.717) is 6.54 Å². The van der Waals surface area contributed by atoms with Crippen LogP contribution in [0.3, 0.4) is 0 Å². The van der Waals surface area contributed by atoms with Gasteiger partial charge in [0.1, 0.15) is 0 Å². The first-order valence-corrected chi connectivity index (χ1v) is 11.2. The van der Waals surface area contributed by atoms with Crippen LogP contribution >= 0.6 is 0 Å². The van der Waals surface area contributed by atoms with Crippen LogP contribution in [0.1, 0.15) is 123 Å². The third-order valence-electron chi connectivity index (χ3n) is 5.40. The average molecular weight is 342 g/mol. The highest BCUT2D eigenvalue weighted by Crippen LogP contribution is 2.14. The molecule has 0 amide bonds. The van der Waals surface area contributed by atoms with E-state index in [9.17, 15) is 5.21 Å². The molecule has 0 saturated carbocycles. The van der Waals surface area contributed by atoms with Crippen LogP contribution in [-0.2, 0) is 0 Å². The molecule has 0 heterocycles. The van der Waals surface area contributed by atoms with Crippen LogP contribution in [0, 0.1) is 5.21 Å². The van der Waals surface area contributed by atoms with Crippen molar-refractivity contribution in [2.24, 2.45) is 0 Å². The average Bonchev–Trinajstić information content (AvgIpc) is 2.57. The van der Waals surface area contributed by atoms with E-state index < -0.39 is 0 Å². The summed E-state index contributed by atoms with van der Waals surface area (Å²) in [6.07, 6.45) is 23.7. The fraction of sp³-hybridized carbons (Fsp3) is 1.00. The van der Waals surface area contributed by atoms with Gasteiger partial charge in [-0.3, -0.25) is 0 Å². The van der Waals surface area contributed by atoms with Crippen molar-refractivity contribution in [2.45, 2.75) is 123 Å². The van der Waals surface area contributed by atoms with Crippen molar-refractivity contribution in [1.82, 2.24) is 0 Å². The molecule has 24 heavy (non-hydrogen) atoms. The minimum Gasteiger partial charge on any atom is -0.633 e. The molecular weight excluding hydrogens is 294 g/mol. The van der Waals surface area contributed by atoms with Crippen LogP contribution in [0.25, 0.3) is 0 Å². The number of unbranched alkanes of at least 4 members (excludes halogenated alkanes) is 16. The lowest BCUT2D eigenvalue weighted by molar-refractivity contribution is -0.859. The van der Waals surface area contributed by atoms with Crippen molar-refractivity contribution in [3.8, 4) is 0 Å². The Hall–Kier alpha value is -0.0800. The maximum Gasteiger partial charge on any atom is 0.0781 e. The number of quaternary nitrogens is 1. The minimum absolute atomic E-state index is 0.0568. The monoisotopic (exact) mass is 341 g/mol. The van der Waals surface area contributed by atoms with Gasteiger partial charge in [0.15, 0.2) is 0 Å². The molecule has 0 spiro atoms. The standard InChI is InChI=1S/C22H47NO/c1-4-6-7-8-9-10-11-12-13-14-15-16-17-18-19-20-21-22-23(3,24)5-2/h4-22H2,1-3H3. The van der Waals surface area contributed by atoms with E-state index in [1.165, 1.54) is 103 Å². The number of rotatable bonds is 19. The van der Waals surface area contributed by atoms with Crippen molar-refractivity contribution in [3.05, 3.63) is 5.21 Å². The molecule has 0 aliphatic rings. The van der Waals surface area contributed by atoms with Crippen molar-refractivity contribution in [1.29, 1.82) is 0 Å². The summed E-state index contributed by atoms with van der Waals surface area (Å²) in [5.74, 6) is 0. The van der Waals surface area contributed by atoms with Crippen LogP contribution in [0.2, 0.25) is 0 Å². The summed E-state index contributed by atoms with van der Waals surface area (Å²) in [4.78, 5) is 0. The van der Waals surface area contributed by atoms with Crippen LogP contribution in [-0.4, -0.2) is 24.8 Å². The normalized spacial score (nSPS) is 14.0. The number of hydrogen-bond acceptors (Lipinski definition) is 1. The zero-order valence-corrected chi connectivity index (χ0v) is 17.3. The van der Waals surface area contributed by atoms with Crippen LogP contribution in [0.4, 0.5) is 0 Å². The molecule has 146 valence electrons. The first kappa shape index (κ1) is 23.9. The number of nitrogens with zero attached hydrogens (tertiary/aromatic N) is 1. The van der Waals surface area contributed by atoms with Gasteiger partial charge in [-0.1, -0.05) is 103 Å². The molecule has 0 aromatic carbocycles. The highest BCUT2D eigenvalue weighted by molar-refractivity contribution is 4.50. The smallest absolute Gasteiger partial charge is 0.0781 e. The predicted octanol–water partition coefficient (Wildman–Crippen LogP) is 7.60. The Morgan fingerprint density at radius 3 is 1.08 bits per heavy atom. The van der Waals surface area contributed by atoms with Crippen molar-refractivity contribution in [3.63, 3.8) is 0 Å². The third-order valence-corrected chi connectivity index (χ3v) is 5.40. The Morgan fingerprint density at radius 2 is 0.792 bits per heavy atom. The summed E-state index contributed by atoms with van der Waals surface area (Å²) >= 11 is 0. The van der Waals surface area contributed by atoms with Gasteiger partial charge in [0.2, 0.25) is 0 Å². The maximum absolute atomic E-state index is 11.8. The summed E-state index contributed by atoms with van der Waals surface area (Å²) in [7, 11) is 1.80. The molecule has 0 aliphatic heterocycles. The second kappa shape index (κ2) is 17.7. The van der Waals surface area contributed by atoms with Gasteiger partial charge in [0.25, 0.3) is 0 Å². The van der Waals surface area contributed by atoms with Crippen molar-refractivity contribution < 1.29 is 4.65 Å². The van der Waals surface area contributed by atoms with Crippen molar-refractivity contribution in [2.75, 3.05) is 20.1 Å². The largest absolute Gasteiger partial charge is 0.633 e. The lowest BCUT2D eigenvalue weighted by Gasteiger charge is -2.37. The maximum atomic E-state index is 11.8. The quantitative estimate of drug-likeness (QED) is 0.135. The van der Waals surface area contributed by atoms with E-state index in [1.54, 1.807) is 7.05 Å². The Balaban J connectivity index is 3.05. The number of hydroxylamine groups is 3. The van der Waals surface area contributed by atoms with E-state index in [-0.39, 0.29) is 4.65 Å². The Kier molecular flexibility index (Phi) is 17.7. The van der Waals surface area contributed by atoms with Gasteiger partial charge in [-0.25, -0.2) is 0 Å². The van der Waals surface area contributed by atoms with Gasteiger partial charge in [0, 0.05) is 0 Å². The highest BCUT2D eigenvalue weighted by atomic mass is 16.5. The minimum atomic E-state index is -0.0568. The molecule has 2 nitrogen and oxygen atoms in total. The molecule has 0 saturated heterocycles. The van der Waals surface area contributed by atoms with Crippen LogP contribution in [0.5, 0.6) is 0 Å². The Labute approximate surface area is 153 Å². The fourth-order valence-electron chi connectivity index (χ4n) is 3.33. The van der Waals surface area contributed by atoms with Gasteiger partial charge >= 0.3 is 0 Å². The number of hydrogen-bond donors (Lipinski definition) is 0. The summed E-state index contributed by atoms with van der Waals surface area (Å²) in [5, 5.41) is 11.8. The summed E-state index contributed by atoms with van der Waals surface area (Å²) in [5.41, 5.74) is 0. The summed E-state index contributed by atoms with van der Waals surface area (Å²) in [6.45, 7) is 5.78. The molecule has 0 N–H and O–H groups in total. The van der Waals surface area contributed by atoms with Crippen molar-refractivity contribution >= 4 is 0 Å². The first-order valence-electron chi connectivity index (χ1n) is 11.2. The van der Waals surface area contributed by atoms with Gasteiger partial charge < -0.3 is 9.85 Å². The predicted molar refractivity (Wildman–Crippen MR) is 109 cm³/mol. The van der Waals surface area contributed by atoms with E-state index in [1.807, 2.05) is 6.92 Å². The summed E-state index contributed by atoms with van der Waals surface area (Å²) in [6, 6.07) is 0. The third kappa shape index (κ3) is 18.3. The van der Waals surface area contributed by atoms with Gasteiger partial charge in [-0.2, -0.15) is 0 Å². The Morgan fingerprint density at radius 1 is 0.500 bits per heavy atom. The lowest BCUT2D eigenvalue weighted by Crippen LogP contribution is -2.37. The lowest BCUT2D eigenvalue weighted by atomic mass is 10.0. The molecule has 1 atom stereocenters. The molecule has 0 fully saturated rings. The first-order chi connectivity index (χ1) is 11.6. The second-order valence-corrected chi connectivity index (χ2v) is 7.99. The topological polar surface area (TPSA) is 23.1 Å². The second-order valence-electron chi connectivity index (χ2n) is 7.99. The van der Waals surface area contributed by atoms with Gasteiger partial charge in [-0.15, -0.1) is 0 Å². The zero-order valence-electron chi connectivity index (χ0n) is 17.3. The molecule has 0 bridgehead atoms. The highest BCUT2D eigenvalue weighted by Gasteiger charge is 2.05. The molecule has 0 rings (SSSR count). The SMILES string of the molecule is CCCCCCCCCCCCCCCCCCC[N+](C)([O-])CC. The van der Waals surface area contributed by atoms with Crippen LogP contribution < -0.4 is 0 Å². The molecule has 0 aromatic rings. The fourth-order valence-corrected chi connectivity index (χ4v) is 3.33.